The van der Waals surface area contributed by atoms with E-state index in [1.807, 2.05) is 37.6 Å². The molecule has 1 atom stereocenters. The highest BCUT2D eigenvalue weighted by molar-refractivity contribution is 9.10. The molecule has 0 aliphatic heterocycles. The van der Waals surface area contributed by atoms with Crippen LogP contribution < -0.4 is 5.32 Å². The molecule has 0 saturated heterocycles. The number of ketones is 1. The summed E-state index contributed by atoms with van der Waals surface area (Å²) in [5.74, 6) is 0.665. The molecule has 162 valence electrons. The molecule has 1 N–H and O–H groups in total. The van der Waals surface area contributed by atoms with Gasteiger partial charge < -0.3 is 9.88 Å². The maximum absolute atomic E-state index is 12.8. The molecule has 1 amide bonds. The Labute approximate surface area is 198 Å². The molecule has 3 aromatic rings. The van der Waals surface area contributed by atoms with Crippen molar-refractivity contribution in [3.8, 4) is 0 Å². The summed E-state index contributed by atoms with van der Waals surface area (Å²) in [6.45, 7) is 3.99. The lowest BCUT2D eigenvalue weighted by molar-refractivity contribution is 0.0921. The first-order valence-corrected chi connectivity index (χ1v) is 11.8. The Hall–Kier alpha value is -2.16. The van der Waals surface area contributed by atoms with Crippen LogP contribution >= 0.6 is 39.3 Å². The number of hydrogen-bond acceptors (Lipinski definition) is 5. The Bertz CT molecular complexity index is 1090. The van der Waals surface area contributed by atoms with Crippen molar-refractivity contribution in [3.05, 3.63) is 75.0 Å². The van der Waals surface area contributed by atoms with E-state index >= 15 is 0 Å². The van der Waals surface area contributed by atoms with Gasteiger partial charge in [0.25, 0.3) is 5.91 Å². The zero-order valence-electron chi connectivity index (χ0n) is 17.3. The number of hydrogen-bond donors (Lipinski definition) is 1. The number of carbonyl (C=O) groups excluding carboxylic acids is 2. The SMILES string of the molecule is CC(C)[C@@H](NC(=O)c1ccccc1Cl)c1nnc(SCC(=O)c2ccc(Br)cc2)n1C. The smallest absolute Gasteiger partial charge is 0.253 e. The van der Waals surface area contributed by atoms with Crippen LogP contribution in [0, 0.1) is 5.92 Å². The van der Waals surface area contributed by atoms with Gasteiger partial charge in [0.05, 0.1) is 22.4 Å². The van der Waals surface area contributed by atoms with Gasteiger partial charge in [-0.2, -0.15) is 0 Å². The highest BCUT2D eigenvalue weighted by atomic mass is 79.9. The summed E-state index contributed by atoms with van der Waals surface area (Å²) >= 11 is 10.8. The minimum atomic E-state index is -0.363. The molecule has 0 saturated carbocycles. The van der Waals surface area contributed by atoms with Crippen molar-refractivity contribution in [1.82, 2.24) is 20.1 Å². The number of carbonyl (C=O) groups is 2. The van der Waals surface area contributed by atoms with E-state index in [9.17, 15) is 9.59 Å². The first-order chi connectivity index (χ1) is 14.8. The fraction of sp³-hybridized carbons (Fsp3) is 0.273. The number of halogens is 2. The predicted molar refractivity (Wildman–Crippen MR) is 127 cm³/mol. The number of rotatable bonds is 8. The van der Waals surface area contributed by atoms with Crippen LogP contribution in [0.2, 0.25) is 5.02 Å². The second-order valence-electron chi connectivity index (χ2n) is 7.29. The van der Waals surface area contributed by atoms with Crippen molar-refractivity contribution in [2.24, 2.45) is 13.0 Å². The number of Topliss-reactive ketones (excluding diaryl/α,β-unsaturated/α-hetero) is 1. The number of nitrogens with one attached hydrogen (secondary N) is 1. The highest BCUT2D eigenvalue weighted by Gasteiger charge is 2.26. The minimum absolute atomic E-state index is 0.00878. The zero-order chi connectivity index (χ0) is 22.5. The molecule has 0 aliphatic rings. The van der Waals surface area contributed by atoms with Crippen LogP contribution in [0.1, 0.15) is 46.4 Å². The second kappa shape index (κ2) is 10.4. The van der Waals surface area contributed by atoms with Crippen LogP contribution in [0.25, 0.3) is 0 Å². The van der Waals surface area contributed by atoms with Crippen LogP contribution in [0.3, 0.4) is 0 Å². The summed E-state index contributed by atoms with van der Waals surface area (Å²) in [5.41, 5.74) is 1.05. The summed E-state index contributed by atoms with van der Waals surface area (Å²) in [7, 11) is 1.83. The molecular formula is C22H22BrClN4O2S. The maximum atomic E-state index is 12.8. The fourth-order valence-electron chi connectivity index (χ4n) is 2.97. The van der Waals surface area contributed by atoms with E-state index in [1.54, 1.807) is 36.4 Å². The molecule has 1 aromatic heterocycles. The van der Waals surface area contributed by atoms with E-state index in [2.05, 4.69) is 31.4 Å². The lowest BCUT2D eigenvalue weighted by atomic mass is 10.0. The third kappa shape index (κ3) is 5.75. The quantitative estimate of drug-likeness (QED) is 0.320. The standard InChI is InChI=1S/C22H22BrClN4O2S/c1-13(2)19(25-21(30)16-6-4-5-7-17(16)24)20-26-27-22(28(20)3)31-12-18(29)14-8-10-15(23)11-9-14/h4-11,13,19H,12H2,1-3H3,(H,25,30)/t19-/m1/s1. The number of nitrogens with zero attached hydrogens (tertiary/aromatic N) is 3. The van der Waals surface area contributed by atoms with Gasteiger partial charge in [-0.25, -0.2) is 0 Å². The van der Waals surface area contributed by atoms with Crippen LogP contribution in [-0.2, 0) is 7.05 Å². The van der Waals surface area contributed by atoms with Crippen molar-refractivity contribution in [3.63, 3.8) is 0 Å². The number of amides is 1. The van der Waals surface area contributed by atoms with Crippen molar-refractivity contribution < 1.29 is 9.59 Å². The molecule has 0 bridgehead atoms. The largest absolute Gasteiger partial charge is 0.342 e. The topological polar surface area (TPSA) is 76.9 Å². The van der Waals surface area contributed by atoms with Crippen molar-refractivity contribution in [2.45, 2.75) is 25.0 Å². The van der Waals surface area contributed by atoms with Gasteiger partial charge in [0.1, 0.15) is 0 Å². The van der Waals surface area contributed by atoms with Crippen LogP contribution in [-0.4, -0.2) is 32.2 Å². The summed E-state index contributed by atoms with van der Waals surface area (Å²) < 4.78 is 2.74. The molecule has 0 aliphatic carbocycles. The highest BCUT2D eigenvalue weighted by Crippen LogP contribution is 2.26. The van der Waals surface area contributed by atoms with Gasteiger partial charge in [0.15, 0.2) is 16.8 Å². The van der Waals surface area contributed by atoms with E-state index in [-0.39, 0.29) is 29.4 Å². The van der Waals surface area contributed by atoms with Gasteiger partial charge in [-0.05, 0) is 30.2 Å². The maximum Gasteiger partial charge on any atom is 0.253 e. The van der Waals surface area contributed by atoms with Gasteiger partial charge in [-0.3, -0.25) is 9.59 Å². The molecule has 0 radical (unpaired) electrons. The molecule has 2 aromatic carbocycles. The van der Waals surface area contributed by atoms with Gasteiger partial charge in [-0.15, -0.1) is 10.2 Å². The first-order valence-electron chi connectivity index (χ1n) is 9.64. The normalized spacial score (nSPS) is 12.1. The van der Waals surface area contributed by atoms with Crippen molar-refractivity contribution >= 4 is 51.0 Å². The third-order valence-corrected chi connectivity index (χ3v) is 6.60. The first kappa shape index (κ1) is 23.5. The minimum Gasteiger partial charge on any atom is -0.342 e. The second-order valence-corrected chi connectivity index (χ2v) is 9.56. The van der Waals surface area contributed by atoms with Crippen LogP contribution in [0.4, 0.5) is 0 Å². The average molecular weight is 522 g/mol. The molecular weight excluding hydrogens is 500 g/mol. The van der Waals surface area contributed by atoms with E-state index in [4.69, 9.17) is 11.6 Å². The number of thioether (sulfide) groups is 1. The number of benzene rings is 2. The molecule has 6 nitrogen and oxygen atoms in total. The van der Waals surface area contributed by atoms with Gasteiger partial charge in [0, 0.05) is 17.1 Å². The molecule has 3 rings (SSSR count). The Kier molecular flexibility index (Phi) is 7.91. The van der Waals surface area contributed by atoms with Gasteiger partial charge in [-0.1, -0.05) is 77.4 Å². The Morgan fingerprint density at radius 3 is 2.45 bits per heavy atom. The Balaban J connectivity index is 1.72. The summed E-state index contributed by atoms with van der Waals surface area (Å²) in [6.07, 6.45) is 0. The molecule has 0 spiro atoms. The van der Waals surface area contributed by atoms with E-state index < -0.39 is 0 Å². The average Bonchev–Trinajstić information content (AvgIpc) is 3.10. The van der Waals surface area contributed by atoms with Crippen molar-refractivity contribution in [1.29, 1.82) is 0 Å². The number of aromatic nitrogens is 3. The Morgan fingerprint density at radius 2 is 1.81 bits per heavy atom. The van der Waals surface area contributed by atoms with E-state index in [1.165, 1.54) is 11.8 Å². The molecule has 1 heterocycles. The van der Waals surface area contributed by atoms with Gasteiger partial charge in [0.2, 0.25) is 0 Å². The zero-order valence-corrected chi connectivity index (χ0v) is 20.5. The fourth-order valence-corrected chi connectivity index (χ4v) is 4.26. The van der Waals surface area contributed by atoms with Gasteiger partial charge >= 0.3 is 0 Å². The summed E-state index contributed by atoms with van der Waals surface area (Å²) in [4.78, 5) is 25.2. The lowest BCUT2D eigenvalue weighted by Crippen LogP contribution is -2.33. The molecule has 9 heteroatoms. The predicted octanol–water partition coefficient (Wildman–Crippen LogP) is 5.33. The van der Waals surface area contributed by atoms with Crippen molar-refractivity contribution in [2.75, 3.05) is 5.75 Å². The summed E-state index contributed by atoms with van der Waals surface area (Å²) in [5, 5.41) is 12.5. The monoisotopic (exact) mass is 520 g/mol. The van der Waals surface area contributed by atoms with Crippen LogP contribution in [0.15, 0.2) is 58.2 Å². The van der Waals surface area contributed by atoms with E-state index in [0.29, 0.717) is 27.1 Å². The molecule has 0 unspecified atom stereocenters. The van der Waals surface area contributed by atoms with E-state index in [0.717, 1.165) is 4.47 Å². The third-order valence-electron chi connectivity index (χ3n) is 4.72. The molecule has 0 fully saturated rings. The Morgan fingerprint density at radius 1 is 1.13 bits per heavy atom. The molecule has 31 heavy (non-hydrogen) atoms. The lowest BCUT2D eigenvalue weighted by Gasteiger charge is -2.22. The summed E-state index contributed by atoms with van der Waals surface area (Å²) in [6, 6.07) is 13.8. The van der Waals surface area contributed by atoms with Crippen LogP contribution in [0.5, 0.6) is 0 Å².